The fourth-order valence-corrected chi connectivity index (χ4v) is 9.79. The van der Waals surface area contributed by atoms with E-state index in [0.717, 1.165) is 82.2 Å². The van der Waals surface area contributed by atoms with E-state index in [1.807, 2.05) is 30.5 Å². The molecule has 11 rings (SSSR count). The van der Waals surface area contributed by atoms with E-state index in [2.05, 4.69) is 222 Å². The Morgan fingerprint density at radius 1 is 0.516 bits per heavy atom. The Balaban J connectivity index is 1.00. The topological polar surface area (TPSA) is 35.2 Å². The average molecular weight is 978 g/mol. The van der Waals surface area contributed by atoms with Gasteiger partial charge in [0.2, 0.25) is 0 Å². The molecule has 0 spiro atoms. The summed E-state index contributed by atoms with van der Waals surface area (Å²) in [7, 11) is 0. The van der Waals surface area contributed by atoms with E-state index in [4.69, 9.17) is 9.72 Å². The second-order valence-corrected chi connectivity index (χ2v) is 16.4. The summed E-state index contributed by atoms with van der Waals surface area (Å²) >= 11 is 2.47. The number of fused-ring (bicyclic) bond motifs is 4. The number of hydrogen-bond donors (Lipinski definition) is 0. The van der Waals surface area contributed by atoms with Crippen LogP contribution >= 0.6 is 0 Å². The van der Waals surface area contributed by atoms with Gasteiger partial charge in [0.1, 0.15) is 0 Å². The van der Waals surface area contributed by atoms with Crippen LogP contribution in [0.15, 0.2) is 200 Å². The number of para-hydroxylation sites is 3. The molecule has 0 saturated carbocycles. The van der Waals surface area contributed by atoms with Crippen LogP contribution < -0.4 is 9.64 Å². The first-order valence-corrected chi connectivity index (χ1v) is 21.8. The molecule has 0 aliphatic carbocycles. The van der Waals surface area contributed by atoms with Crippen molar-refractivity contribution in [2.24, 2.45) is 0 Å². The van der Waals surface area contributed by atoms with E-state index in [1.165, 1.54) is 11.1 Å². The van der Waals surface area contributed by atoms with Crippen molar-refractivity contribution >= 4 is 22.5 Å². The predicted molar refractivity (Wildman–Crippen MR) is 247 cm³/mol. The molecule has 1 aliphatic heterocycles. The molecule has 1 aliphatic rings. The standard InChI is InChI=1S/C56H38N4O.Pt/c1-39-33-55(57-36-51(39)42-21-9-4-10-22-42)58-37-43-23-11-12-26-47(43)50-32-31-46(35-54(50)58)61-45-25-15-24-44(34-45)59-38-60(53-30-14-13-29-52(53)59)56-48(40-17-5-2-6-18-40)27-16-28-49(56)41-19-7-3-8-20-41;/h2-33,36H,37H2,1H3;/q-2;. The molecule has 0 saturated heterocycles. The number of benzene rings is 8. The molecule has 5 nitrogen and oxygen atoms in total. The van der Waals surface area contributed by atoms with Crippen LogP contribution in [0.3, 0.4) is 0 Å². The summed E-state index contributed by atoms with van der Waals surface area (Å²) in [6, 6.07) is 75.2. The molecule has 0 unspecified atom stereocenters. The van der Waals surface area contributed by atoms with Gasteiger partial charge in [0.05, 0.1) is 0 Å². The maximum absolute atomic E-state index is 6.70. The molecule has 3 heterocycles. The maximum atomic E-state index is 6.70. The molecule has 0 N–H and O–H groups in total. The van der Waals surface area contributed by atoms with Crippen LogP contribution in [-0.2, 0) is 25.9 Å². The van der Waals surface area contributed by atoms with Gasteiger partial charge in [-0.25, -0.2) is 0 Å². The molecule has 300 valence electrons. The fraction of sp³-hybridized carbons (Fsp3) is 0.0357. The quantitative estimate of drug-likeness (QED) is 0.142. The second-order valence-electron chi connectivity index (χ2n) is 15.4. The number of hydrogen-bond acceptors (Lipinski definition) is 3. The van der Waals surface area contributed by atoms with Crippen LogP contribution in [0.5, 0.6) is 11.5 Å². The summed E-state index contributed by atoms with van der Waals surface area (Å²) in [5.41, 5.74) is 16.6. The SMILES string of the molecule is Cc1cc(N2Cc3ccccc3-c3ccc(Oc4[c-]c(-n5[c](=[Pt])n(-c6c(-c7ccccc7)cccc6-c6ccccc6)c6ccccc65)ccc4)[c-]c32)ncc1-c1ccccc1. The Hall–Kier alpha value is -7.33. The molecule has 0 amide bonds. The van der Waals surface area contributed by atoms with Gasteiger partial charge in [-0.2, -0.15) is 0 Å². The molecular formula is C56H38N4OPt-2. The summed E-state index contributed by atoms with van der Waals surface area (Å²) in [6.45, 7) is 2.82. The Morgan fingerprint density at radius 3 is 1.76 bits per heavy atom. The van der Waals surface area contributed by atoms with Crippen LogP contribution in [-0.4, -0.2) is 14.1 Å². The van der Waals surface area contributed by atoms with Crippen LogP contribution in [0.1, 0.15) is 11.1 Å². The normalized spacial score (nSPS) is 12.0. The number of ether oxygens (including phenoxy) is 1. The molecule has 0 bridgehead atoms. The summed E-state index contributed by atoms with van der Waals surface area (Å²) in [4.78, 5) is 7.27. The zero-order valence-electron chi connectivity index (χ0n) is 33.8. The Kier molecular flexibility index (Phi) is 9.67. The number of aryl methyl sites for hydroxylation is 1. The number of imidazole rings is 1. The first-order chi connectivity index (χ1) is 30.6. The monoisotopic (exact) mass is 977 g/mol. The Labute approximate surface area is 371 Å². The molecule has 0 fully saturated rings. The molecule has 2 aromatic heterocycles. The van der Waals surface area contributed by atoms with Gasteiger partial charge < -0.3 is 0 Å². The van der Waals surface area contributed by atoms with Crippen molar-refractivity contribution in [1.29, 1.82) is 0 Å². The molecule has 0 atom stereocenters. The number of anilines is 2. The van der Waals surface area contributed by atoms with Crippen molar-refractivity contribution in [2.45, 2.75) is 13.5 Å². The molecular weight excluding hydrogens is 940 g/mol. The Morgan fingerprint density at radius 2 is 1.08 bits per heavy atom. The van der Waals surface area contributed by atoms with Crippen molar-refractivity contribution in [3.63, 3.8) is 0 Å². The number of aromatic nitrogens is 3. The van der Waals surface area contributed by atoms with E-state index >= 15 is 0 Å². The van der Waals surface area contributed by atoms with Gasteiger partial charge >= 0.3 is 296 Å². The van der Waals surface area contributed by atoms with Gasteiger partial charge in [-0.05, 0) is 18.1 Å². The van der Waals surface area contributed by atoms with Crippen molar-refractivity contribution < 1.29 is 24.1 Å². The van der Waals surface area contributed by atoms with Gasteiger partial charge in [0.25, 0.3) is 0 Å². The van der Waals surface area contributed by atoms with Crippen LogP contribution in [0.2, 0.25) is 0 Å². The Bertz CT molecular complexity index is 3280. The minimum Gasteiger partial charge on any atom is -0.0622 e. The third kappa shape index (κ3) is 6.72. The molecule has 6 heteroatoms. The summed E-state index contributed by atoms with van der Waals surface area (Å²) in [6.07, 6.45) is 1.99. The zero-order chi connectivity index (χ0) is 41.6. The third-order valence-corrected chi connectivity index (χ3v) is 12.6. The average Bonchev–Trinajstić information content (AvgIpc) is 3.62. The first kappa shape index (κ1) is 37.7. The minimum atomic E-state index is 0.595. The summed E-state index contributed by atoms with van der Waals surface area (Å²) < 4.78 is 12.4. The van der Waals surface area contributed by atoms with Crippen LogP contribution in [0.4, 0.5) is 11.5 Å². The number of nitrogens with zero attached hydrogens (tertiary/aromatic N) is 4. The first-order valence-electron chi connectivity index (χ1n) is 20.7. The number of rotatable bonds is 8. The number of pyridine rings is 1. The van der Waals surface area contributed by atoms with Crippen LogP contribution in [0, 0.1) is 22.9 Å². The zero-order valence-corrected chi connectivity index (χ0v) is 36.0. The predicted octanol–water partition coefficient (Wildman–Crippen LogP) is 13.9. The second kappa shape index (κ2) is 15.9. The van der Waals surface area contributed by atoms with Gasteiger partial charge in [0, 0.05) is 11.8 Å². The van der Waals surface area contributed by atoms with E-state index in [-0.39, 0.29) is 0 Å². The summed E-state index contributed by atoms with van der Waals surface area (Å²) in [5.74, 6) is 2.06. The van der Waals surface area contributed by atoms with Crippen molar-refractivity contribution in [2.75, 3.05) is 4.90 Å². The molecule has 10 aromatic rings. The van der Waals surface area contributed by atoms with Gasteiger partial charge in [-0.15, -0.1) is 0 Å². The van der Waals surface area contributed by atoms with Crippen molar-refractivity contribution in [1.82, 2.24) is 14.1 Å². The summed E-state index contributed by atoms with van der Waals surface area (Å²) in [5, 5.41) is 0. The van der Waals surface area contributed by atoms with Crippen LogP contribution in [0.25, 0.3) is 66.9 Å². The molecule has 8 aromatic carbocycles. The van der Waals surface area contributed by atoms with E-state index < -0.39 is 0 Å². The van der Waals surface area contributed by atoms with E-state index in [1.54, 1.807) is 0 Å². The third-order valence-electron chi connectivity index (χ3n) is 11.6. The fourth-order valence-electron chi connectivity index (χ4n) is 8.71. The minimum absolute atomic E-state index is 0.595. The van der Waals surface area contributed by atoms with E-state index in [0.29, 0.717) is 18.0 Å². The van der Waals surface area contributed by atoms with Gasteiger partial charge in [-0.1, -0.05) is 48.5 Å². The molecule has 0 radical (unpaired) electrons. The van der Waals surface area contributed by atoms with E-state index in [9.17, 15) is 0 Å². The van der Waals surface area contributed by atoms with Gasteiger partial charge in [-0.3, -0.25) is 0 Å². The van der Waals surface area contributed by atoms with Crippen molar-refractivity contribution in [3.8, 4) is 67.4 Å². The smallest absolute Gasteiger partial charge is 0.0622 e. The van der Waals surface area contributed by atoms with Crippen molar-refractivity contribution in [3.05, 3.63) is 227 Å². The van der Waals surface area contributed by atoms with Gasteiger partial charge in [0.15, 0.2) is 0 Å². The molecule has 62 heavy (non-hydrogen) atoms.